The fourth-order valence-electron chi connectivity index (χ4n) is 4.59. The molecule has 1 fully saturated rings. The van der Waals surface area contributed by atoms with Gasteiger partial charge in [0.1, 0.15) is 28.0 Å². The molecule has 0 amide bonds. The molecule has 0 N–H and O–H groups in total. The van der Waals surface area contributed by atoms with E-state index in [0.717, 1.165) is 33.6 Å². The lowest BCUT2D eigenvalue weighted by molar-refractivity contribution is 0.306. The molecule has 3 aromatic carbocycles. The van der Waals surface area contributed by atoms with Crippen molar-refractivity contribution in [2.75, 3.05) is 11.5 Å². The van der Waals surface area contributed by atoms with Crippen molar-refractivity contribution in [2.45, 2.75) is 32.3 Å². The molecule has 0 spiro atoms. The summed E-state index contributed by atoms with van der Waals surface area (Å²) < 4.78 is 46.2. The first-order chi connectivity index (χ1) is 15.9. The molecular formula is C27H26FNO3S. The lowest BCUT2D eigenvalue weighted by Gasteiger charge is -2.24. The number of sulfone groups is 1. The van der Waals surface area contributed by atoms with Gasteiger partial charge in [-0.15, -0.1) is 0 Å². The molecule has 5 rings (SSSR count). The molecule has 1 aromatic heterocycles. The molecule has 1 aliphatic rings. The predicted octanol–water partition coefficient (Wildman–Crippen LogP) is 5.95. The maximum atomic E-state index is 14.0. The fraction of sp³-hybridized carbons (Fsp3) is 0.259. The van der Waals surface area contributed by atoms with Crippen molar-refractivity contribution >= 4 is 20.7 Å². The highest BCUT2D eigenvalue weighted by Crippen LogP contribution is 2.37. The number of nitrogens with zero attached hydrogens (tertiary/aromatic N) is 1. The Balaban J connectivity index is 1.55. The maximum Gasteiger partial charge on any atom is 0.150 e. The van der Waals surface area contributed by atoms with Gasteiger partial charge in [0.15, 0.2) is 0 Å². The van der Waals surface area contributed by atoms with Gasteiger partial charge >= 0.3 is 0 Å². The molecule has 0 saturated carbocycles. The summed E-state index contributed by atoms with van der Waals surface area (Å²) in [5, 5.41) is 1.02. The first-order valence-electron chi connectivity index (χ1n) is 11.2. The summed E-state index contributed by atoms with van der Waals surface area (Å²) in [6, 6.07) is 23.3. The second kappa shape index (κ2) is 8.67. The standard InChI is InChI=1S/C27H26FNO3S/c1-19-15-23(7-9-25(19)28)29-26-10-8-24(32-18-20-5-3-2-4-6-20)16-22(26)17-27(29)21-11-13-33(30,31)14-12-21/h2-10,15-17,21H,11-14,18H2,1H3. The Morgan fingerprint density at radius 1 is 0.970 bits per heavy atom. The summed E-state index contributed by atoms with van der Waals surface area (Å²) in [7, 11) is -2.96. The maximum absolute atomic E-state index is 14.0. The molecule has 0 radical (unpaired) electrons. The second-order valence-corrected chi connectivity index (χ2v) is 11.1. The Morgan fingerprint density at radius 3 is 2.45 bits per heavy atom. The Morgan fingerprint density at radius 2 is 1.73 bits per heavy atom. The van der Waals surface area contributed by atoms with Gasteiger partial charge in [-0.1, -0.05) is 30.3 Å². The Kier molecular flexibility index (Phi) is 5.71. The molecule has 6 heteroatoms. The van der Waals surface area contributed by atoms with Crippen molar-refractivity contribution in [3.63, 3.8) is 0 Å². The monoisotopic (exact) mass is 463 g/mol. The van der Waals surface area contributed by atoms with E-state index >= 15 is 0 Å². The zero-order valence-electron chi connectivity index (χ0n) is 18.5. The van der Waals surface area contributed by atoms with Crippen molar-refractivity contribution in [1.82, 2.24) is 4.57 Å². The summed E-state index contributed by atoms with van der Waals surface area (Å²) in [6.07, 6.45) is 1.19. The van der Waals surface area contributed by atoms with Crippen LogP contribution < -0.4 is 4.74 Å². The number of fused-ring (bicyclic) bond motifs is 1. The lowest BCUT2D eigenvalue weighted by Crippen LogP contribution is -2.23. The number of aryl methyl sites for hydroxylation is 1. The van der Waals surface area contributed by atoms with Crippen molar-refractivity contribution in [3.05, 3.63) is 95.4 Å². The van der Waals surface area contributed by atoms with Crippen molar-refractivity contribution in [1.29, 1.82) is 0 Å². The summed E-state index contributed by atoms with van der Waals surface area (Å²) >= 11 is 0. The van der Waals surface area contributed by atoms with Crippen LogP contribution in [0.3, 0.4) is 0 Å². The SMILES string of the molecule is Cc1cc(-n2c(C3CCS(=O)(=O)CC3)cc3cc(OCc4ccccc4)ccc32)ccc1F. The van der Waals surface area contributed by atoms with Crippen LogP contribution in [0.2, 0.25) is 0 Å². The van der Waals surface area contributed by atoms with Crippen LogP contribution in [0.5, 0.6) is 5.75 Å². The molecule has 33 heavy (non-hydrogen) atoms. The molecule has 0 atom stereocenters. The average molecular weight is 464 g/mol. The van der Waals surface area contributed by atoms with Crippen LogP contribution in [-0.4, -0.2) is 24.5 Å². The fourth-order valence-corrected chi connectivity index (χ4v) is 6.08. The number of rotatable bonds is 5. The van der Waals surface area contributed by atoms with Crippen LogP contribution in [0.1, 0.15) is 35.6 Å². The van der Waals surface area contributed by atoms with Gasteiger partial charge < -0.3 is 9.30 Å². The van der Waals surface area contributed by atoms with E-state index in [1.807, 2.05) is 54.6 Å². The van der Waals surface area contributed by atoms with Crippen LogP contribution >= 0.6 is 0 Å². The second-order valence-electron chi connectivity index (χ2n) is 8.76. The minimum absolute atomic E-state index is 0.125. The predicted molar refractivity (Wildman–Crippen MR) is 129 cm³/mol. The third-order valence-corrected chi connectivity index (χ3v) is 8.14. The highest BCUT2D eigenvalue weighted by Gasteiger charge is 2.28. The first kappa shape index (κ1) is 21.7. The zero-order valence-corrected chi connectivity index (χ0v) is 19.3. The number of aromatic nitrogens is 1. The highest BCUT2D eigenvalue weighted by molar-refractivity contribution is 7.91. The minimum atomic E-state index is -2.96. The molecule has 1 saturated heterocycles. The van der Waals surface area contributed by atoms with Gasteiger partial charge in [0.05, 0.1) is 17.0 Å². The van der Waals surface area contributed by atoms with E-state index in [-0.39, 0.29) is 23.2 Å². The summed E-state index contributed by atoms with van der Waals surface area (Å²) in [5.41, 5.74) is 4.61. The van der Waals surface area contributed by atoms with Gasteiger partial charge in [0.2, 0.25) is 0 Å². The number of ether oxygens (including phenoxy) is 1. The number of benzene rings is 3. The third-order valence-electron chi connectivity index (χ3n) is 6.42. The molecule has 0 bridgehead atoms. The van der Waals surface area contributed by atoms with E-state index in [1.165, 1.54) is 6.07 Å². The molecule has 4 aromatic rings. The Bertz CT molecular complexity index is 1400. The summed E-state index contributed by atoms with van der Waals surface area (Å²) in [6.45, 7) is 2.24. The molecule has 0 unspecified atom stereocenters. The smallest absolute Gasteiger partial charge is 0.150 e. The van der Waals surface area contributed by atoms with E-state index < -0.39 is 9.84 Å². The molecule has 2 heterocycles. The number of hydrogen-bond acceptors (Lipinski definition) is 3. The number of halogens is 1. The summed E-state index contributed by atoms with van der Waals surface area (Å²) in [5.74, 6) is 1.06. The molecule has 1 aliphatic heterocycles. The van der Waals surface area contributed by atoms with Gasteiger partial charge in [0, 0.05) is 22.7 Å². The summed E-state index contributed by atoms with van der Waals surface area (Å²) in [4.78, 5) is 0. The highest BCUT2D eigenvalue weighted by atomic mass is 32.2. The third kappa shape index (κ3) is 4.53. The first-order valence-corrected chi connectivity index (χ1v) is 13.0. The zero-order chi connectivity index (χ0) is 23.0. The van der Waals surface area contributed by atoms with Crippen LogP contribution in [-0.2, 0) is 16.4 Å². The van der Waals surface area contributed by atoms with Gasteiger partial charge in [-0.2, -0.15) is 0 Å². The molecular weight excluding hydrogens is 437 g/mol. The van der Waals surface area contributed by atoms with Crippen LogP contribution in [0.25, 0.3) is 16.6 Å². The van der Waals surface area contributed by atoms with Crippen LogP contribution in [0.4, 0.5) is 4.39 Å². The van der Waals surface area contributed by atoms with E-state index in [2.05, 4.69) is 10.6 Å². The van der Waals surface area contributed by atoms with Gasteiger partial charge in [-0.05, 0) is 73.4 Å². The topological polar surface area (TPSA) is 48.3 Å². The van der Waals surface area contributed by atoms with E-state index in [1.54, 1.807) is 13.0 Å². The van der Waals surface area contributed by atoms with Gasteiger partial charge in [-0.3, -0.25) is 0 Å². The number of hydrogen-bond donors (Lipinski definition) is 0. The van der Waals surface area contributed by atoms with E-state index in [9.17, 15) is 12.8 Å². The van der Waals surface area contributed by atoms with Gasteiger partial charge in [-0.25, -0.2) is 12.8 Å². The average Bonchev–Trinajstić information content (AvgIpc) is 3.19. The molecule has 4 nitrogen and oxygen atoms in total. The molecule has 170 valence electrons. The quantitative estimate of drug-likeness (QED) is 0.368. The van der Waals surface area contributed by atoms with E-state index in [4.69, 9.17) is 4.74 Å². The van der Waals surface area contributed by atoms with Crippen molar-refractivity contribution in [3.8, 4) is 11.4 Å². The van der Waals surface area contributed by atoms with Crippen molar-refractivity contribution in [2.24, 2.45) is 0 Å². The lowest BCUT2D eigenvalue weighted by atomic mass is 9.98. The van der Waals surface area contributed by atoms with Crippen molar-refractivity contribution < 1.29 is 17.5 Å². The Hall–Kier alpha value is -3.12. The Labute approximate surface area is 193 Å². The molecule has 0 aliphatic carbocycles. The van der Waals surface area contributed by atoms with Gasteiger partial charge in [0.25, 0.3) is 0 Å². The minimum Gasteiger partial charge on any atom is -0.489 e. The normalized spacial score (nSPS) is 16.2. The van der Waals surface area contributed by atoms with E-state index in [0.29, 0.717) is 25.0 Å². The van der Waals surface area contributed by atoms with Crippen LogP contribution in [0.15, 0.2) is 72.8 Å². The van der Waals surface area contributed by atoms with Crippen LogP contribution in [0, 0.1) is 12.7 Å². The largest absolute Gasteiger partial charge is 0.489 e.